The SMILES string of the molecule is CC(C(N)=O)C1CCCONC1. The zero-order valence-electron chi connectivity index (χ0n) is 7.38. The first-order valence-electron chi connectivity index (χ1n) is 4.36. The Morgan fingerprint density at radius 3 is 3.17 bits per heavy atom. The van der Waals surface area contributed by atoms with Gasteiger partial charge in [-0.15, -0.1) is 0 Å². The van der Waals surface area contributed by atoms with E-state index in [2.05, 4.69) is 5.48 Å². The van der Waals surface area contributed by atoms with E-state index in [-0.39, 0.29) is 11.8 Å². The quantitative estimate of drug-likeness (QED) is 0.618. The fourth-order valence-electron chi connectivity index (χ4n) is 1.42. The zero-order valence-corrected chi connectivity index (χ0v) is 7.38. The highest BCUT2D eigenvalue weighted by Crippen LogP contribution is 2.18. The number of amides is 1. The van der Waals surface area contributed by atoms with Crippen LogP contribution < -0.4 is 11.2 Å². The minimum Gasteiger partial charge on any atom is -0.369 e. The van der Waals surface area contributed by atoms with E-state index in [1.54, 1.807) is 0 Å². The first-order chi connectivity index (χ1) is 5.72. The fraction of sp³-hybridized carbons (Fsp3) is 0.875. The Hall–Kier alpha value is -0.610. The predicted octanol–water partition coefficient (Wildman–Crippen LogP) is 0.0390. The molecule has 1 amide bonds. The summed E-state index contributed by atoms with van der Waals surface area (Å²) in [5.74, 6) is 0.0490. The highest BCUT2D eigenvalue weighted by molar-refractivity contribution is 5.76. The number of carbonyl (C=O) groups is 1. The van der Waals surface area contributed by atoms with Gasteiger partial charge in [0.15, 0.2) is 0 Å². The van der Waals surface area contributed by atoms with Crippen molar-refractivity contribution >= 4 is 5.91 Å². The largest absolute Gasteiger partial charge is 0.369 e. The highest BCUT2D eigenvalue weighted by atomic mass is 16.6. The summed E-state index contributed by atoms with van der Waals surface area (Å²) in [7, 11) is 0. The van der Waals surface area contributed by atoms with Gasteiger partial charge in [-0.1, -0.05) is 6.92 Å². The number of nitrogens with two attached hydrogens (primary N) is 1. The van der Waals surface area contributed by atoms with Gasteiger partial charge in [0.25, 0.3) is 0 Å². The molecular weight excluding hydrogens is 156 g/mol. The molecule has 0 saturated carbocycles. The van der Waals surface area contributed by atoms with Crippen molar-refractivity contribution in [3.63, 3.8) is 0 Å². The Balaban J connectivity index is 2.42. The lowest BCUT2D eigenvalue weighted by Crippen LogP contribution is -2.32. The molecule has 1 rings (SSSR count). The van der Waals surface area contributed by atoms with Crippen molar-refractivity contribution in [2.24, 2.45) is 17.6 Å². The molecule has 1 fully saturated rings. The van der Waals surface area contributed by atoms with Crippen LogP contribution in [0.1, 0.15) is 19.8 Å². The van der Waals surface area contributed by atoms with Crippen molar-refractivity contribution < 1.29 is 9.63 Å². The van der Waals surface area contributed by atoms with E-state index in [1.807, 2.05) is 6.92 Å². The number of hydrogen-bond acceptors (Lipinski definition) is 3. The Morgan fingerprint density at radius 1 is 1.75 bits per heavy atom. The second kappa shape index (κ2) is 4.42. The van der Waals surface area contributed by atoms with Crippen LogP contribution in [0.5, 0.6) is 0 Å². The number of hydrogen-bond donors (Lipinski definition) is 2. The summed E-state index contributed by atoms with van der Waals surface area (Å²) in [5.41, 5.74) is 8.04. The standard InChI is InChI=1S/C8H16N2O2/c1-6(8(9)11)7-3-2-4-12-10-5-7/h6-7,10H,2-5H2,1H3,(H2,9,11). The summed E-state index contributed by atoms with van der Waals surface area (Å²) in [4.78, 5) is 15.9. The molecule has 1 aliphatic heterocycles. The number of primary amides is 1. The van der Waals surface area contributed by atoms with Gasteiger partial charge in [-0.05, 0) is 18.8 Å². The van der Waals surface area contributed by atoms with Crippen molar-refractivity contribution in [1.29, 1.82) is 0 Å². The molecule has 3 N–H and O–H groups in total. The molecule has 0 aromatic heterocycles. The van der Waals surface area contributed by atoms with E-state index < -0.39 is 0 Å². The van der Waals surface area contributed by atoms with Crippen molar-refractivity contribution in [2.75, 3.05) is 13.2 Å². The molecule has 2 atom stereocenters. The van der Waals surface area contributed by atoms with Gasteiger partial charge in [-0.25, -0.2) is 5.48 Å². The highest BCUT2D eigenvalue weighted by Gasteiger charge is 2.22. The van der Waals surface area contributed by atoms with Crippen LogP contribution in [0.2, 0.25) is 0 Å². The number of carbonyl (C=O) groups excluding carboxylic acids is 1. The summed E-state index contributed by atoms with van der Waals surface area (Å²) in [6.07, 6.45) is 2.01. The van der Waals surface area contributed by atoms with Crippen LogP contribution in [0.25, 0.3) is 0 Å². The molecule has 0 aromatic rings. The maximum atomic E-state index is 10.9. The van der Waals surface area contributed by atoms with Crippen LogP contribution in [-0.4, -0.2) is 19.1 Å². The van der Waals surface area contributed by atoms with E-state index in [9.17, 15) is 4.79 Å². The number of hydroxylamine groups is 1. The average Bonchev–Trinajstić information content (AvgIpc) is 2.30. The molecule has 12 heavy (non-hydrogen) atoms. The van der Waals surface area contributed by atoms with Crippen molar-refractivity contribution in [2.45, 2.75) is 19.8 Å². The summed E-state index contributed by atoms with van der Waals surface area (Å²) in [6.45, 7) is 3.33. The lowest BCUT2D eigenvalue weighted by Gasteiger charge is -2.18. The average molecular weight is 172 g/mol. The van der Waals surface area contributed by atoms with Crippen LogP contribution in [0.4, 0.5) is 0 Å². The maximum Gasteiger partial charge on any atom is 0.220 e. The summed E-state index contributed by atoms with van der Waals surface area (Å²) in [5, 5.41) is 0. The molecule has 4 nitrogen and oxygen atoms in total. The molecule has 0 aromatic carbocycles. The smallest absolute Gasteiger partial charge is 0.220 e. The van der Waals surface area contributed by atoms with Gasteiger partial charge in [0.1, 0.15) is 0 Å². The van der Waals surface area contributed by atoms with Crippen molar-refractivity contribution in [1.82, 2.24) is 5.48 Å². The third kappa shape index (κ3) is 2.46. The van der Waals surface area contributed by atoms with E-state index >= 15 is 0 Å². The van der Waals surface area contributed by atoms with Gasteiger partial charge in [-0.3, -0.25) is 4.79 Å². The molecule has 0 radical (unpaired) electrons. The second-order valence-electron chi connectivity index (χ2n) is 3.29. The van der Waals surface area contributed by atoms with Gasteiger partial charge in [0, 0.05) is 12.5 Å². The van der Waals surface area contributed by atoms with E-state index in [4.69, 9.17) is 10.6 Å². The molecule has 1 aliphatic rings. The van der Waals surface area contributed by atoms with E-state index in [1.165, 1.54) is 0 Å². The maximum absolute atomic E-state index is 10.9. The molecule has 0 aliphatic carbocycles. The first kappa shape index (κ1) is 9.48. The van der Waals surface area contributed by atoms with Crippen LogP contribution in [0.15, 0.2) is 0 Å². The molecular formula is C8H16N2O2. The minimum atomic E-state index is -0.219. The van der Waals surface area contributed by atoms with Gasteiger partial charge in [-0.2, -0.15) is 0 Å². The summed E-state index contributed by atoms with van der Waals surface area (Å²) < 4.78 is 0. The summed E-state index contributed by atoms with van der Waals surface area (Å²) >= 11 is 0. The van der Waals surface area contributed by atoms with Crippen molar-refractivity contribution in [3.8, 4) is 0 Å². The Labute approximate surface area is 72.4 Å². The topological polar surface area (TPSA) is 64.4 Å². The van der Waals surface area contributed by atoms with Gasteiger partial charge in [0.2, 0.25) is 5.91 Å². The second-order valence-corrected chi connectivity index (χ2v) is 3.29. The molecule has 0 bridgehead atoms. The number of nitrogens with one attached hydrogen (secondary N) is 1. The predicted molar refractivity (Wildman–Crippen MR) is 45.0 cm³/mol. The fourth-order valence-corrected chi connectivity index (χ4v) is 1.42. The lowest BCUT2D eigenvalue weighted by atomic mass is 9.90. The third-order valence-electron chi connectivity index (χ3n) is 2.42. The Morgan fingerprint density at radius 2 is 2.50 bits per heavy atom. The van der Waals surface area contributed by atoms with Gasteiger partial charge >= 0.3 is 0 Å². The Kier molecular flexibility index (Phi) is 3.49. The zero-order chi connectivity index (χ0) is 8.97. The van der Waals surface area contributed by atoms with Crippen LogP contribution in [0.3, 0.4) is 0 Å². The third-order valence-corrected chi connectivity index (χ3v) is 2.42. The molecule has 70 valence electrons. The molecule has 1 saturated heterocycles. The molecule has 1 heterocycles. The van der Waals surface area contributed by atoms with Gasteiger partial charge < -0.3 is 10.6 Å². The number of rotatable bonds is 2. The Bertz CT molecular complexity index is 153. The normalized spacial score (nSPS) is 27.6. The van der Waals surface area contributed by atoms with Crippen LogP contribution in [0, 0.1) is 11.8 Å². The lowest BCUT2D eigenvalue weighted by molar-refractivity contribution is -0.123. The first-order valence-corrected chi connectivity index (χ1v) is 4.36. The molecule has 0 spiro atoms. The van der Waals surface area contributed by atoms with Crippen molar-refractivity contribution in [3.05, 3.63) is 0 Å². The molecule has 2 unspecified atom stereocenters. The van der Waals surface area contributed by atoms with Crippen LogP contribution >= 0.6 is 0 Å². The monoisotopic (exact) mass is 172 g/mol. The van der Waals surface area contributed by atoms with Gasteiger partial charge in [0.05, 0.1) is 6.61 Å². The van der Waals surface area contributed by atoms with E-state index in [0.717, 1.165) is 26.0 Å². The van der Waals surface area contributed by atoms with E-state index in [0.29, 0.717) is 5.92 Å². The minimum absolute atomic E-state index is 0.0563. The van der Waals surface area contributed by atoms with Crippen LogP contribution in [-0.2, 0) is 9.63 Å². The molecule has 4 heteroatoms. The summed E-state index contributed by atoms with van der Waals surface area (Å²) in [6, 6.07) is 0.